The Labute approximate surface area is 220 Å². The van der Waals surface area contributed by atoms with Crippen molar-refractivity contribution in [1.29, 1.82) is 0 Å². The van der Waals surface area contributed by atoms with Crippen LogP contribution in [0.15, 0.2) is 36.8 Å². The van der Waals surface area contributed by atoms with Crippen molar-refractivity contribution in [2.24, 2.45) is 0 Å². The molecule has 0 bridgehead atoms. The molecule has 2 saturated heterocycles. The number of aromatic nitrogens is 3. The molecule has 0 unspecified atom stereocenters. The minimum atomic E-state index is -1.59. The molecule has 11 heteroatoms. The zero-order valence-electron chi connectivity index (χ0n) is 21.6. The van der Waals surface area contributed by atoms with Crippen LogP contribution in [0.1, 0.15) is 53.0 Å². The highest BCUT2D eigenvalue weighted by Gasteiger charge is 2.37. The van der Waals surface area contributed by atoms with Gasteiger partial charge in [-0.05, 0) is 57.0 Å². The molecule has 3 aliphatic rings. The lowest BCUT2D eigenvalue weighted by atomic mass is 10.0. The van der Waals surface area contributed by atoms with Gasteiger partial charge in [-0.3, -0.25) is 14.5 Å². The van der Waals surface area contributed by atoms with Gasteiger partial charge >= 0.3 is 0 Å². The third kappa shape index (κ3) is 4.39. The Hall–Kier alpha value is -3.57. The van der Waals surface area contributed by atoms with Crippen LogP contribution in [0.3, 0.4) is 0 Å². The van der Waals surface area contributed by atoms with E-state index in [1.807, 2.05) is 12.1 Å². The van der Waals surface area contributed by atoms with E-state index >= 15 is 0 Å². The fourth-order valence-corrected chi connectivity index (χ4v) is 5.72. The number of halogens is 1. The number of carbonyl (C=O) groups is 2. The number of anilines is 2. The van der Waals surface area contributed by atoms with Gasteiger partial charge in [-0.1, -0.05) is 0 Å². The standard InChI is InChI=1S/C27H32FN7O3/c1-27(2,38)23(28)16-34-14-17-11-21(31-25(36)20-13-30-35-8-4-6-29-24(20)35)22(12-19(17)26(34)37)33-10-9-32-7-3-5-18(32)15-33/h4,6,8,11-13,18,23,38H,3,5,7,9-10,14-16H2,1-2H3,(H,31,36)/t18-,23-/m1/s1. The van der Waals surface area contributed by atoms with Crippen LogP contribution in [-0.2, 0) is 6.54 Å². The largest absolute Gasteiger partial charge is 0.387 e. The summed E-state index contributed by atoms with van der Waals surface area (Å²) in [4.78, 5) is 37.1. The normalized spacial score (nSPS) is 20.6. The van der Waals surface area contributed by atoms with Gasteiger partial charge in [0, 0.05) is 50.2 Å². The summed E-state index contributed by atoms with van der Waals surface area (Å²) in [7, 11) is 0. The average Bonchev–Trinajstić information content (AvgIpc) is 3.60. The number of alkyl halides is 1. The highest BCUT2D eigenvalue weighted by molar-refractivity contribution is 6.10. The molecule has 3 aromatic rings. The Morgan fingerprint density at radius 1 is 1.29 bits per heavy atom. The number of benzene rings is 1. The monoisotopic (exact) mass is 521 g/mol. The molecule has 2 aromatic heterocycles. The molecule has 1 aromatic carbocycles. The molecule has 0 aliphatic carbocycles. The minimum Gasteiger partial charge on any atom is -0.387 e. The molecule has 2 N–H and O–H groups in total. The van der Waals surface area contributed by atoms with Crippen molar-refractivity contribution >= 4 is 28.8 Å². The average molecular weight is 522 g/mol. The van der Waals surface area contributed by atoms with Crippen LogP contribution in [-0.4, -0.2) is 91.9 Å². The number of rotatable bonds is 6. The van der Waals surface area contributed by atoms with Gasteiger partial charge in [-0.15, -0.1) is 0 Å². The Bertz CT molecular complexity index is 1400. The second-order valence-electron chi connectivity index (χ2n) is 11.0. The van der Waals surface area contributed by atoms with Crippen LogP contribution in [0, 0.1) is 0 Å². The van der Waals surface area contributed by atoms with E-state index in [4.69, 9.17) is 0 Å². The lowest BCUT2D eigenvalue weighted by Crippen LogP contribution is -2.50. The van der Waals surface area contributed by atoms with Crippen molar-refractivity contribution < 1.29 is 19.1 Å². The number of piperazine rings is 1. The zero-order chi connectivity index (χ0) is 26.6. The van der Waals surface area contributed by atoms with E-state index in [9.17, 15) is 19.1 Å². The number of fused-ring (bicyclic) bond motifs is 3. The molecular formula is C27H32FN7O3. The van der Waals surface area contributed by atoms with E-state index in [0.29, 0.717) is 28.5 Å². The third-order valence-corrected chi connectivity index (χ3v) is 7.95. The summed E-state index contributed by atoms with van der Waals surface area (Å²) in [5, 5.41) is 17.3. The molecule has 2 amide bonds. The molecular weight excluding hydrogens is 489 g/mol. The summed E-state index contributed by atoms with van der Waals surface area (Å²) < 4.78 is 16.2. The van der Waals surface area contributed by atoms with E-state index < -0.39 is 11.8 Å². The maximum absolute atomic E-state index is 14.7. The molecule has 2 atom stereocenters. The second-order valence-corrected chi connectivity index (χ2v) is 11.0. The molecule has 2 fully saturated rings. The Balaban J connectivity index is 1.33. The first-order chi connectivity index (χ1) is 18.2. The first kappa shape index (κ1) is 24.7. The minimum absolute atomic E-state index is 0.206. The van der Waals surface area contributed by atoms with Gasteiger partial charge in [0.2, 0.25) is 0 Å². The van der Waals surface area contributed by atoms with Crippen molar-refractivity contribution in [3.05, 3.63) is 53.5 Å². The lowest BCUT2D eigenvalue weighted by Gasteiger charge is -2.39. The summed E-state index contributed by atoms with van der Waals surface area (Å²) in [5.41, 5.74) is 1.85. The second kappa shape index (κ2) is 9.32. The van der Waals surface area contributed by atoms with Crippen LogP contribution in [0.2, 0.25) is 0 Å². The van der Waals surface area contributed by atoms with Crippen molar-refractivity contribution in [2.75, 3.05) is 42.9 Å². The van der Waals surface area contributed by atoms with Crippen LogP contribution < -0.4 is 10.2 Å². The van der Waals surface area contributed by atoms with Gasteiger partial charge in [-0.25, -0.2) is 13.9 Å². The first-order valence-electron chi connectivity index (χ1n) is 13.1. The number of amides is 2. The molecule has 200 valence electrons. The van der Waals surface area contributed by atoms with Crippen molar-refractivity contribution in [2.45, 2.75) is 51.0 Å². The quantitative estimate of drug-likeness (QED) is 0.513. The maximum atomic E-state index is 14.7. The number of hydrogen-bond acceptors (Lipinski definition) is 7. The Morgan fingerprint density at radius 2 is 2.13 bits per heavy atom. The van der Waals surface area contributed by atoms with Gasteiger partial charge in [0.1, 0.15) is 11.7 Å². The van der Waals surface area contributed by atoms with E-state index in [2.05, 4.69) is 25.2 Å². The van der Waals surface area contributed by atoms with Crippen LogP contribution in [0.5, 0.6) is 0 Å². The highest BCUT2D eigenvalue weighted by Crippen LogP contribution is 2.37. The van der Waals surface area contributed by atoms with Crippen LogP contribution in [0.4, 0.5) is 15.8 Å². The van der Waals surface area contributed by atoms with Gasteiger partial charge in [0.25, 0.3) is 11.8 Å². The predicted octanol–water partition coefficient (Wildman–Crippen LogP) is 2.33. The Morgan fingerprint density at radius 3 is 2.95 bits per heavy atom. The number of nitrogens with one attached hydrogen (secondary N) is 1. The lowest BCUT2D eigenvalue weighted by molar-refractivity contribution is -0.0159. The zero-order valence-corrected chi connectivity index (χ0v) is 21.6. The van der Waals surface area contributed by atoms with Crippen molar-refractivity contribution in [3.8, 4) is 0 Å². The van der Waals surface area contributed by atoms with Crippen LogP contribution >= 0.6 is 0 Å². The topological polar surface area (TPSA) is 106 Å². The molecule has 10 nitrogen and oxygen atoms in total. The van der Waals surface area contributed by atoms with E-state index in [1.165, 1.54) is 31.4 Å². The van der Waals surface area contributed by atoms with E-state index in [0.717, 1.165) is 43.9 Å². The summed E-state index contributed by atoms with van der Waals surface area (Å²) in [6, 6.07) is 5.85. The first-order valence-corrected chi connectivity index (χ1v) is 13.1. The summed E-state index contributed by atoms with van der Waals surface area (Å²) in [6.45, 7) is 6.41. The molecule has 0 saturated carbocycles. The van der Waals surface area contributed by atoms with Gasteiger partial charge < -0.3 is 20.2 Å². The maximum Gasteiger partial charge on any atom is 0.261 e. The fourth-order valence-electron chi connectivity index (χ4n) is 5.72. The number of carbonyl (C=O) groups excluding carboxylic acids is 2. The predicted molar refractivity (Wildman–Crippen MR) is 140 cm³/mol. The molecule has 5 heterocycles. The van der Waals surface area contributed by atoms with Gasteiger partial charge in [-0.2, -0.15) is 5.10 Å². The Kier molecular flexibility index (Phi) is 6.07. The van der Waals surface area contributed by atoms with Crippen molar-refractivity contribution in [3.63, 3.8) is 0 Å². The molecule has 0 radical (unpaired) electrons. The SMILES string of the molecule is CC(C)(O)[C@H](F)CN1Cc2cc(NC(=O)c3cnn4cccnc34)c(N3CCN4CCC[C@@H]4C3)cc2C1=O. The number of aliphatic hydroxyl groups is 1. The summed E-state index contributed by atoms with van der Waals surface area (Å²) in [5.74, 6) is -0.608. The molecule has 0 spiro atoms. The van der Waals surface area contributed by atoms with Crippen molar-refractivity contribution in [1.82, 2.24) is 24.4 Å². The molecule has 3 aliphatic heterocycles. The number of nitrogens with zero attached hydrogens (tertiary/aromatic N) is 6. The molecule has 6 rings (SSSR count). The van der Waals surface area contributed by atoms with E-state index in [-0.39, 0.29) is 24.9 Å². The summed E-state index contributed by atoms with van der Waals surface area (Å²) >= 11 is 0. The smallest absolute Gasteiger partial charge is 0.261 e. The van der Waals surface area contributed by atoms with Gasteiger partial charge in [0.05, 0.1) is 29.7 Å². The van der Waals surface area contributed by atoms with Gasteiger partial charge in [0.15, 0.2) is 5.65 Å². The van der Waals surface area contributed by atoms with Crippen LogP contribution in [0.25, 0.3) is 5.65 Å². The number of hydrogen-bond donors (Lipinski definition) is 2. The fraction of sp³-hybridized carbons (Fsp3) is 0.481. The third-order valence-electron chi connectivity index (χ3n) is 7.95. The highest BCUT2D eigenvalue weighted by atomic mass is 19.1. The summed E-state index contributed by atoms with van der Waals surface area (Å²) in [6.07, 6.45) is 5.55. The van der Waals surface area contributed by atoms with E-state index in [1.54, 1.807) is 23.0 Å². The molecule has 38 heavy (non-hydrogen) atoms.